The van der Waals surface area contributed by atoms with E-state index in [0.717, 1.165) is 41.6 Å². The number of carboxylic acid groups (broad SMARTS) is 1. The van der Waals surface area contributed by atoms with Gasteiger partial charge in [-0.25, -0.2) is 4.39 Å². The van der Waals surface area contributed by atoms with Crippen molar-refractivity contribution in [3.8, 4) is 11.1 Å². The minimum absolute atomic E-state index is 0.0962. The van der Waals surface area contributed by atoms with Crippen molar-refractivity contribution in [3.05, 3.63) is 82.9 Å². The number of rotatable bonds is 10. The van der Waals surface area contributed by atoms with E-state index in [9.17, 15) is 18.8 Å². The molecule has 10 heteroatoms. The molecule has 236 valence electrons. The lowest BCUT2D eigenvalue weighted by Crippen LogP contribution is -2.46. The Morgan fingerprint density at radius 3 is 2.36 bits per heavy atom. The number of carbonyl (C=O) groups excluding carboxylic acids is 2. The number of methoxy groups -OCH3 is 1. The number of hydrogen-bond acceptors (Lipinski definition) is 6. The van der Waals surface area contributed by atoms with E-state index < -0.39 is 17.2 Å². The highest BCUT2D eigenvalue weighted by Crippen LogP contribution is 2.31. The van der Waals surface area contributed by atoms with Crippen molar-refractivity contribution in [2.75, 3.05) is 38.8 Å². The molecule has 1 aliphatic heterocycles. The van der Waals surface area contributed by atoms with Crippen LogP contribution in [0.15, 0.2) is 60.8 Å². The summed E-state index contributed by atoms with van der Waals surface area (Å²) in [5.41, 5.74) is 2.92. The predicted octanol–water partition coefficient (Wildman–Crippen LogP) is 6.40. The van der Waals surface area contributed by atoms with Gasteiger partial charge in [0.2, 0.25) is 0 Å². The number of aromatic nitrogens is 1. The molecule has 0 bridgehead atoms. The molecule has 0 spiro atoms. The molecule has 1 amide bonds. The van der Waals surface area contributed by atoms with Gasteiger partial charge in [0.15, 0.2) is 0 Å². The van der Waals surface area contributed by atoms with Crippen molar-refractivity contribution >= 4 is 35.5 Å². The van der Waals surface area contributed by atoms with Crippen molar-refractivity contribution in [1.29, 1.82) is 0 Å². The third-order valence-electron chi connectivity index (χ3n) is 7.68. The Bertz CT molecular complexity index is 1430. The first-order valence-electron chi connectivity index (χ1n) is 14.6. The molecule has 1 N–H and O–H groups in total. The van der Waals surface area contributed by atoms with Crippen molar-refractivity contribution in [2.24, 2.45) is 11.3 Å². The van der Waals surface area contributed by atoms with E-state index in [1.165, 1.54) is 13.2 Å². The van der Waals surface area contributed by atoms with Gasteiger partial charge < -0.3 is 24.4 Å². The Morgan fingerprint density at radius 1 is 1.16 bits per heavy atom. The van der Waals surface area contributed by atoms with Crippen molar-refractivity contribution < 1.29 is 28.6 Å². The Hall–Kier alpha value is -3.82. The third kappa shape index (κ3) is 9.34. The number of amides is 1. The van der Waals surface area contributed by atoms with Crippen LogP contribution < -0.4 is 4.90 Å². The van der Waals surface area contributed by atoms with Crippen LogP contribution in [0.1, 0.15) is 49.7 Å². The van der Waals surface area contributed by atoms with E-state index in [1.54, 1.807) is 30.2 Å². The SMILES string of the molecule is CN(c1cc(Cl)cnc1CC(C)(C)C=O)C1CCN(C(=O)c2ccc(-c3ccccc3)cc2F)CC1.COC[C@H](C)C(=O)O. The van der Waals surface area contributed by atoms with Crippen LogP contribution in [0.5, 0.6) is 0 Å². The number of aldehydes is 1. The molecule has 0 aliphatic carbocycles. The molecule has 8 nitrogen and oxygen atoms in total. The van der Waals surface area contributed by atoms with Crippen LogP contribution in [0, 0.1) is 17.2 Å². The fourth-order valence-corrected chi connectivity index (χ4v) is 5.17. The van der Waals surface area contributed by atoms with E-state index in [-0.39, 0.29) is 30.0 Å². The fraction of sp³-hybridized carbons (Fsp3) is 0.412. The molecule has 0 unspecified atom stereocenters. The molecule has 1 aromatic heterocycles. The molecule has 1 aliphatic rings. The average Bonchev–Trinajstić information content (AvgIpc) is 3.02. The number of ether oxygens (including phenoxy) is 1. The molecule has 4 rings (SSSR count). The number of anilines is 1. The number of piperidine rings is 1. The molecule has 1 fully saturated rings. The summed E-state index contributed by atoms with van der Waals surface area (Å²) >= 11 is 6.26. The first kappa shape index (κ1) is 34.7. The Kier molecular flexibility index (Phi) is 12.4. The van der Waals surface area contributed by atoms with E-state index in [4.69, 9.17) is 16.7 Å². The standard InChI is InChI=1S/C29H31ClFN3O2.C5H10O3/c1-29(2,19-35)17-26-27(16-22(30)18-32-26)33(3)23-11-13-34(14-12-23)28(36)24-10-9-21(15-25(24)31)20-7-5-4-6-8-20;1-4(3-8-2)5(6)7/h4-10,15-16,18-19,23H,11-14,17H2,1-3H3;4H,3H2,1-2H3,(H,6,7)/t;4-/m.0/s1. The maximum atomic E-state index is 14.9. The number of benzene rings is 2. The lowest BCUT2D eigenvalue weighted by Gasteiger charge is -2.38. The Labute approximate surface area is 263 Å². The van der Waals surface area contributed by atoms with Crippen LogP contribution in [0.25, 0.3) is 11.1 Å². The van der Waals surface area contributed by atoms with Crippen LogP contribution in [-0.4, -0.2) is 73.0 Å². The summed E-state index contributed by atoms with van der Waals surface area (Å²) in [4.78, 5) is 43.0. The first-order valence-corrected chi connectivity index (χ1v) is 14.9. The first-order chi connectivity index (χ1) is 20.9. The maximum Gasteiger partial charge on any atom is 0.308 e. The normalized spacial score (nSPS) is 14.3. The molecule has 44 heavy (non-hydrogen) atoms. The van der Waals surface area contributed by atoms with Crippen molar-refractivity contribution in [2.45, 2.75) is 46.1 Å². The van der Waals surface area contributed by atoms with Crippen LogP contribution in [0.2, 0.25) is 5.02 Å². The molecule has 3 aromatic rings. The molecule has 0 radical (unpaired) electrons. The lowest BCUT2D eigenvalue weighted by atomic mass is 9.88. The molecule has 1 saturated heterocycles. The number of likely N-dealkylation sites (tertiary alicyclic amines) is 1. The summed E-state index contributed by atoms with van der Waals surface area (Å²) in [5.74, 6) is -1.99. The average molecular weight is 626 g/mol. The zero-order chi connectivity index (χ0) is 32.4. The highest BCUT2D eigenvalue weighted by atomic mass is 35.5. The third-order valence-corrected chi connectivity index (χ3v) is 7.89. The van der Waals surface area contributed by atoms with Crippen LogP contribution >= 0.6 is 11.6 Å². The van der Waals surface area contributed by atoms with Crippen molar-refractivity contribution in [3.63, 3.8) is 0 Å². The maximum absolute atomic E-state index is 14.9. The summed E-state index contributed by atoms with van der Waals surface area (Å²) in [6.45, 7) is 6.71. The number of pyridine rings is 1. The van der Waals surface area contributed by atoms with Gasteiger partial charge in [-0.3, -0.25) is 14.6 Å². The monoisotopic (exact) mass is 625 g/mol. The van der Waals surface area contributed by atoms with Gasteiger partial charge in [-0.1, -0.05) is 61.8 Å². The summed E-state index contributed by atoms with van der Waals surface area (Å²) in [7, 11) is 3.48. The second-order valence-corrected chi connectivity index (χ2v) is 12.2. The van der Waals surface area contributed by atoms with Crippen LogP contribution in [0.4, 0.5) is 10.1 Å². The van der Waals surface area contributed by atoms with Gasteiger partial charge in [0.25, 0.3) is 5.91 Å². The molecular weight excluding hydrogens is 585 g/mol. The van der Waals surface area contributed by atoms with Gasteiger partial charge in [-0.05, 0) is 49.1 Å². The number of aliphatic carboxylic acids is 1. The predicted molar refractivity (Wildman–Crippen MR) is 171 cm³/mol. The van der Waals surface area contributed by atoms with Gasteiger partial charge in [0.05, 0.1) is 34.5 Å². The smallest absolute Gasteiger partial charge is 0.308 e. The van der Waals surface area contributed by atoms with Gasteiger partial charge >= 0.3 is 5.97 Å². The summed E-state index contributed by atoms with van der Waals surface area (Å²) in [6, 6.07) is 16.4. The molecular formula is C34H41ClFN3O5. The second-order valence-electron chi connectivity index (χ2n) is 11.8. The minimum Gasteiger partial charge on any atom is -0.481 e. The van der Waals surface area contributed by atoms with Gasteiger partial charge in [-0.2, -0.15) is 0 Å². The summed E-state index contributed by atoms with van der Waals surface area (Å²) in [5, 5.41) is 8.77. The molecule has 2 heterocycles. The molecule has 2 aromatic carbocycles. The fourth-order valence-electron chi connectivity index (χ4n) is 5.02. The van der Waals surface area contributed by atoms with Crippen molar-refractivity contribution in [1.82, 2.24) is 9.88 Å². The summed E-state index contributed by atoms with van der Waals surface area (Å²) in [6.07, 6.45) is 4.52. The minimum atomic E-state index is -0.813. The Balaban J connectivity index is 0.000000583. The Morgan fingerprint density at radius 2 is 1.82 bits per heavy atom. The van der Waals surface area contributed by atoms with Crippen LogP contribution in [-0.2, 0) is 20.7 Å². The van der Waals surface area contributed by atoms with Gasteiger partial charge in [0.1, 0.15) is 12.1 Å². The van der Waals surface area contributed by atoms with E-state index >= 15 is 0 Å². The topological polar surface area (TPSA) is 100 Å². The van der Waals surface area contributed by atoms with Crippen LogP contribution in [0.3, 0.4) is 0 Å². The van der Waals surface area contributed by atoms with Gasteiger partial charge in [-0.15, -0.1) is 0 Å². The van der Waals surface area contributed by atoms with E-state index in [0.29, 0.717) is 24.5 Å². The van der Waals surface area contributed by atoms with Gasteiger partial charge in [0, 0.05) is 51.3 Å². The number of halogens is 2. The summed E-state index contributed by atoms with van der Waals surface area (Å²) < 4.78 is 19.5. The highest BCUT2D eigenvalue weighted by molar-refractivity contribution is 6.30. The quantitative estimate of drug-likeness (QED) is 0.260. The number of carbonyl (C=O) groups is 3. The zero-order valence-electron chi connectivity index (χ0n) is 25.9. The zero-order valence-corrected chi connectivity index (χ0v) is 26.7. The lowest BCUT2D eigenvalue weighted by molar-refractivity contribution is -0.142. The molecule has 1 atom stereocenters. The number of hydrogen-bond donors (Lipinski definition) is 1. The van der Waals surface area contributed by atoms with E-state index in [1.807, 2.05) is 57.3 Å². The number of carboxylic acids is 1. The molecule has 0 saturated carbocycles. The highest BCUT2D eigenvalue weighted by Gasteiger charge is 2.29. The van der Waals surface area contributed by atoms with E-state index in [2.05, 4.69) is 14.6 Å². The second kappa shape index (κ2) is 15.8. The largest absolute Gasteiger partial charge is 0.481 e. The number of nitrogens with zero attached hydrogens (tertiary/aromatic N) is 3.